The Morgan fingerprint density at radius 3 is 1.96 bits per heavy atom. The van der Waals surface area contributed by atoms with Crippen molar-refractivity contribution in [3.8, 4) is 0 Å². The second kappa shape index (κ2) is 7.51. The predicted molar refractivity (Wildman–Crippen MR) is 99.4 cm³/mol. The number of aliphatic imine (C=N–C) groups is 1. The summed E-state index contributed by atoms with van der Waals surface area (Å²) in [5.41, 5.74) is 4.77. The number of rotatable bonds is 4. The lowest BCUT2D eigenvalue weighted by Gasteiger charge is -2.06. The molecule has 1 nitrogen and oxygen atoms in total. The SMILES string of the molecule is CC(=N/C(=C/c1ccccc1)c1ccccc1)c1ccc(F)cc1. The van der Waals surface area contributed by atoms with Crippen molar-refractivity contribution in [1.82, 2.24) is 0 Å². The van der Waals surface area contributed by atoms with E-state index in [1.54, 1.807) is 12.1 Å². The van der Waals surface area contributed by atoms with Gasteiger partial charge in [0.2, 0.25) is 0 Å². The Balaban J connectivity index is 2.03. The lowest BCUT2D eigenvalue weighted by atomic mass is 10.1. The first kappa shape index (κ1) is 15.9. The Hall–Kier alpha value is -3.00. The van der Waals surface area contributed by atoms with Gasteiger partial charge in [0.1, 0.15) is 5.82 Å². The molecule has 0 bridgehead atoms. The molecule has 0 aliphatic heterocycles. The molecule has 0 amide bonds. The van der Waals surface area contributed by atoms with Crippen LogP contribution in [0.5, 0.6) is 0 Å². The molecule has 0 aromatic heterocycles. The van der Waals surface area contributed by atoms with Crippen LogP contribution in [0, 0.1) is 5.82 Å². The highest BCUT2D eigenvalue weighted by molar-refractivity contribution is 6.03. The van der Waals surface area contributed by atoms with Crippen LogP contribution in [-0.2, 0) is 0 Å². The van der Waals surface area contributed by atoms with E-state index in [1.165, 1.54) is 12.1 Å². The van der Waals surface area contributed by atoms with Crippen LogP contribution in [0.2, 0.25) is 0 Å². The summed E-state index contributed by atoms with van der Waals surface area (Å²) >= 11 is 0. The average Bonchev–Trinajstić information content (AvgIpc) is 2.63. The van der Waals surface area contributed by atoms with Crippen molar-refractivity contribution in [3.63, 3.8) is 0 Å². The summed E-state index contributed by atoms with van der Waals surface area (Å²) in [5, 5.41) is 0. The van der Waals surface area contributed by atoms with Gasteiger partial charge in [-0.1, -0.05) is 72.8 Å². The second-order valence-electron chi connectivity index (χ2n) is 5.51. The van der Waals surface area contributed by atoms with Crippen LogP contribution < -0.4 is 0 Å². The summed E-state index contributed by atoms with van der Waals surface area (Å²) < 4.78 is 13.1. The topological polar surface area (TPSA) is 12.4 Å². The molecule has 3 aromatic rings. The highest BCUT2D eigenvalue weighted by Gasteiger charge is 2.03. The van der Waals surface area contributed by atoms with Crippen LogP contribution in [0.4, 0.5) is 4.39 Å². The van der Waals surface area contributed by atoms with E-state index >= 15 is 0 Å². The van der Waals surface area contributed by atoms with E-state index < -0.39 is 0 Å². The third kappa shape index (κ3) is 4.05. The van der Waals surface area contributed by atoms with Crippen LogP contribution in [0.1, 0.15) is 23.6 Å². The van der Waals surface area contributed by atoms with Crippen molar-refractivity contribution in [2.45, 2.75) is 6.92 Å². The summed E-state index contributed by atoms with van der Waals surface area (Å²) in [6, 6.07) is 26.6. The molecule has 0 saturated heterocycles. The van der Waals surface area contributed by atoms with E-state index in [1.807, 2.05) is 67.6 Å². The first-order valence-corrected chi connectivity index (χ1v) is 7.86. The van der Waals surface area contributed by atoms with Gasteiger partial charge in [-0.05, 0) is 36.3 Å². The molecule has 0 fully saturated rings. The van der Waals surface area contributed by atoms with E-state index in [2.05, 4.69) is 6.08 Å². The molecular formula is C22H18FN. The Morgan fingerprint density at radius 1 is 0.750 bits per heavy atom. The van der Waals surface area contributed by atoms with Crippen LogP contribution >= 0.6 is 0 Å². The minimum atomic E-state index is -0.241. The lowest BCUT2D eigenvalue weighted by molar-refractivity contribution is 0.628. The summed E-state index contributed by atoms with van der Waals surface area (Å²) in [6.45, 7) is 1.94. The first-order chi connectivity index (χ1) is 11.7. The average molecular weight is 315 g/mol. The van der Waals surface area contributed by atoms with Crippen LogP contribution in [0.15, 0.2) is 89.9 Å². The van der Waals surface area contributed by atoms with Gasteiger partial charge in [0.25, 0.3) is 0 Å². The zero-order valence-electron chi connectivity index (χ0n) is 13.5. The Kier molecular flexibility index (Phi) is 4.97. The zero-order valence-corrected chi connectivity index (χ0v) is 13.5. The van der Waals surface area contributed by atoms with Gasteiger partial charge in [-0.15, -0.1) is 0 Å². The van der Waals surface area contributed by atoms with E-state index in [0.717, 1.165) is 28.1 Å². The molecule has 118 valence electrons. The first-order valence-electron chi connectivity index (χ1n) is 7.86. The molecule has 0 heterocycles. The van der Waals surface area contributed by atoms with E-state index in [4.69, 9.17) is 4.99 Å². The third-order valence-electron chi connectivity index (χ3n) is 3.72. The minimum absolute atomic E-state index is 0.241. The zero-order chi connectivity index (χ0) is 16.8. The second-order valence-corrected chi connectivity index (χ2v) is 5.51. The quantitative estimate of drug-likeness (QED) is 0.424. The van der Waals surface area contributed by atoms with Gasteiger partial charge in [-0.2, -0.15) is 0 Å². The van der Waals surface area contributed by atoms with Crippen LogP contribution in [-0.4, -0.2) is 5.71 Å². The van der Waals surface area contributed by atoms with Crippen LogP contribution in [0.25, 0.3) is 11.8 Å². The van der Waals surface area contributed by atoms with Gasteiger partial charge in [0, 0.05) is 11.3 Å². The molecule has 0 radical (unpaired) electrons. The number of nitrogens with zero attached hydrogens (tertiary/aromatic N) is 1. The molecule has 24 heavy (non-hydrogen) atoms. The summed E-state index contributed by atoms with van der Waals surface area (Å²) in [7, 11) is 0. The standard InChI is InChI=1S/C22H18FN/c1-17(19-12-14-21(23)15-13-19)24-22(20-10-6-3-7-11-20)16-18-8-4-2-5-9-18/h2-16H,1H3/b22-16+,24-17?. The minimum Gasteiger partial charge on any atom is -0.252 e. The fourth-order valence-corrected chi connectivity index (χ4v) is 2.43. The molecule has 2 heteroatoms. The normalized spacial score (nSPS) is 12.2. The smallest absolute Gasteiger partial charge is 0.123 e. The van der Waals surface area contributed by atoms with Gasteiger partial charge in [-0.3, -0.25) is 4.99 Å². The number of benzene rings is 3. The largest absolute Gasteiger partial charge is 0.252 e. The lowest BCUT2D eigenvalue weighted by Crippen LogP contribution is -1.96. The van der Waals surface area contributed by atoms with Crippen molar-refractivity contribution in [1.29, 1.82) is 0 Å². The third-order valence-corrected chi connectivity index (χ3v) is 3.72. The van der Waals surface area contributed by atoms with E-state index in [-0.39, 0.29) is 5.82 Å². The molecule has 0 N–H and O–H groups in total. The summed E-state index contributed by atoms with van der Waals surface area (Å²) in [6.07, 6.45) is 2.06. The van der Waals surface area contributed by atoms with Gasteiger partial charge in [0.05, 0.1) is 5.70 Å². The van der Waals surface area contributed by atoms with Gasteiger partial charge < -0.3 is 0 Å². The fourth-order valence-electron chi connectivity index (χ4n) is 2.43. The maximum absolute atomic E-state index is 13.1. The van der Waals surface area contributed by atoms with Crippen molar-refractivity contribution in [2.75, 3.05) is 0 Å². The number of halogens is 1. The molecule has 0 spiro atoms. The maximum Gasteiger partial charge on any atom is 0.123 e. The molecular weight excluding hydrogens is 297 g/mol. The van der Waals surface area contributed by atoms with Gasteiger partial charge in [-0.25, -0.2) is 4.39 Å². The number of hydrogen-bond acceptors (Lipinski definition) is 1. The Bertz CT molecular complexity index is 847. The molecule has 3 aromatic carbocycles. The van der Waals surface area contributed by atoms with Gasteiger partial charge in [0.15, 0.2) is 0 Å². The monoisotopic (exact) mass is 315 g/mol. The molecule has 0 aliphatic rings. The van der Waals surface area contributed by atoms with Crippen molar-refractivity contribution < 1.29 is 4.39 Å². The Morgan fingerprint density at radius 2 is 1.33 bits per heavy atom. The number of hydrogen-bond donors (Lipinski definition) is 0. The molecule has 0 atom stereocenters. The van der Waals surface area contributed by atoms with Gasteiger partial charge >= 0.3 is 0 Å². The summed E-state index contributed by atoms with van der Waals surface area (Å²) in [5.74, 6) is -0.241. The highest BCUT2D eigenvalue weighted by atomic mass is 19.1. The predicted octanol–water partition coefficient (Wildman–Crippen LogP) is 5.83. The van der Waals surface area contributed by atoms with Crippen molar-refractivity contribution in [3.05, 3.63) is 107 Å². The van der Waals surface area contributed by atoms with E-state index in [9.17, 15) is 4.39 Å². The van der Waals surface area contributed by atoms with Crippen LogP contribution in [0.3, 0.4) is 0 Å². The maximum atomic E-state index is 13.1. The Labute approximate surface area is 141 Å². The molecule has 3 rings (SSSR count). The van der Waals surface area contributed by atoms with E-state index in [0.29, 0.717) is 0 Å². The molecule has 0 aliphatic carbocycles. The molecule has 0 saturated carbocycles. The summed E-state index contributed by atoms with van der Waals surface area (Å²) in [4.78, 5) is 4.80. The van der Waals surface area contributed by atoms with Crippen molar-refractivity contribution >= 4 is 17.5 Å². The molecule has 0 unspecified atom stereocenters. The van der Waals surface area contributed by atoms with Crippen molar-refractivity contribution in [2.24, 2.45) is 4.99 Å². The fraction of sp³-hybridized carbons (Fsp3) is 0.0455. The highest BCUT2D eigenvalue weighted by Crippen LogP contribution is 2.21.